The third kappa shape index (κ3) is 2.13. The second-order valence-corrected chi connectivity index (χ2v) is 3.31. The Hall–Kier alpha value is -1.90. The van der Waals surface area contributed by atoms with Gasteiger partial charge in [0.1, 0.15) is 0 Å². The summed E-state index contributed by atoms with van der Waals surface area (Å²) < 4.78 is 4.96. The van der Waals surface area contributed by atoms with Crippen LogP contribution in [0.2, 0.25) is 0 Å². The van der Waals surface area contributed by atoms with E-state index in [1.807, 2.05) is 12.1 Å². The van der Waals surface area contributed by atoms with Crippen molar-refractivity contribution in [1.82, 2.24) is 9.97 Å². The SMILES string of the molecule is COc1cnc(-c2cccc(C)c2)cn1. The van der Waals surface area contributed by atoms with E-state index in [-0.39, 0.29) is 0 Å². The first-order valence-electron chi connectivity index (χ1n) is 4.72. The predicted molar refractivity (Wildman–Crippen MR) is 58.8 cm³/mol. The van der Waals surface area contributed by atoms with Crippen LogP contribution in [0.1, 0.15) is 5.56 Å². The summed E-state index contributed by atoms with van der Waals surface area (Å²) in [6.07, 6.45) is 3.34. The second kappa shape index (κ2) is 4.09. The van der Waals surface area contributed by atoms with Gasteiger partial charge in [-0.25, -0.2) is 9.97 Å². The molecule has 0 fully saturated rings. The summed E-state index contributed by atoms with van der Waals surface area (Å²) >= 11 is 0. The van der Waals surface area contributed by atoms with Crippen LogP contribution in [0.25, 0.3) is 11.3 Å². The molecule has 0 saturated heterocycles. The van der Waals surface area contributed by atoms with Crippen molar-refractivity contribution < 1.29 is 4.74 Å². The molecule has 15 heavy (non-hydrogen) atoms. The van der Waals surface area contributed by atoms with Crippen LogP contribution in [0.15, 0.2) is 36.7 Å². The van der Waals surface area contributed by atoms with Crippen LogP contribution in [-0.4, -0.2) is 17.1 Å². The van der Waals surface area contributed by atoms with Crippen molar-refractivity contribution in [3.63, 3.8) is 0 Å². The molecule has 0 aliphatic carbocycles. The highest BCUT2D eigenvalue weighted by Crippen LogP contribution is 2.18. The molecule has 0 saturated carbocycles. The maximum absolute atomic E-state index is 4.96. The third-order valence-corrected chi connectivity index (χ3v) is 2.15. The average molecular weight is 200 g/mol. The fraction of sp³-hybridized carbons (Fsp3) is 0.167. The summed E-state index contributed by atoms with van der Waals surface area (Å²) in [7, 11) is 1.58. The molecule has 1 heterocycles. The fourth-order valence-electron chi connectivity index (χ4n) is 1.38. The lowest BCUT2D eigenvalue weighted by molar-refractivity contribution is 0.396. The number of methoxy groups -OCH3 is 1. The minimum atomic E-state index is 0.534. The molecule has 0 radical (unpaired) electrons. The van der Waals surface area contributed by atoms with Crippen LogP contribution < -0.4 is 4.74 Å². The summed E-state index contributed by atoms with van der Waals surface area (Å²) in [6.45, 7) is 2.06. The number of aromatic nitrogens is 2. The summed E-state index contributed by atoms with van der Waals surface area (Å²) in [5.41, 5.74) is 3.15. The molecule has 0 amide bonds. The van der Waals surface area contributed by atoms with Crippen molar-refractivity contribution in [2.45, 2.75) is 6.92 Å². The predicted octanol–water partition coefficient (Wildman–Crippen LogP) is 2.46. The highest BCUT2D eigenvalue weighted by Gasteiger charge is 2.00. The molecule has 3 nitrogen and oxygen atoms in total. The summed E-state index contributed by atoms with van der Waals surface area (Å²) in [6, 6.07) is 8.16. The second-order valence-electron chi connectivity index (χ2n) is 3.31. The van der Waals surface area contributed by atoms with Gasteiger partial charge in [0.25, 0.3) is 0 Å². The van der Waals surface area contributed by atoms with E-state index in [0.29, 0.717) is 5.88 Å². The van der Waals surface area contributed by atoms with Gasteiger partial charge in [0, 0.05) is 5.56 Å². The van der Waals surface area contributed by atoms with Crippen molar-refractivity contribution in [2.75, 3.05) is 7.11 Å². The topological polar surface area (TPSA) is 35.0 Å². The normalized spacial score (nSPS) is 10.0. The van der Waals surface area contributed by atoms with E-state index in [2.05, 4.69) is 29.0 Å². The average Bonchev–Trinajstić information content (AvgIpc) is 2.29. The van der Waals surface area contributed by atoms with Gasteiger partial charge in [-0.2, -0.15) is 0 Å². The Morgan fingerprint density at radius 2 is 2.00 bits per heavy atom. The van der Waals surface area contributed by atoms with Crippen LogP contribution >= 0.6 is 0 Å². The molecule has 0 aliphatic rings. The van der Waals surface area contributed by atoms with Gasteiger partial charge in [0.15, 0.2) is 0 Å². The lowest BCUT2D eigenvalue weighted by Gasteiger charge is -2.02. The number of rotatable bonds is 2. The van der Waals surface area contributed by atoms with Crippen LogP contribution in [0, 0.1) is 6.92 Å². The Morgan fingerprint density at radius 1 is 1.13 bits per heavy atom. The summed E-state index contributed by atoms with van der Waals surface area (Å²) in [4.78, 5) is 8.39. The Kier molecular flexibility index (Phi) is 2.63. The highest BCUT2D eigenvalue weighted by atomic mass is 16.5. The Balaban J connectivity index is 2.37. The molecule has 0 spiro atoms. The monoisotopic (exact) mass is 200 g/mol. The molecule has 0 unspecified atom stereocenters. The molecule has 1 aromatic heterocycles. The zero-order valence-electron chi connectivity index (χ0n) is 8.77. The summed E-state index contributed by atoms with van der Waals surface area (Å²) in [5, 5.41) is 0. The molecule has 2 rings (SSSR count). The highest BCUT2D eigenvalue weighted by molar-refractivity contribution is 5.58. The molecular formula is C12H12N2O. The van der Waals surface area contributed by atoms with Gasteiger partial charge in [-0.3, -0.25) is 0 Å². The minimum absolute atomic E-state index is 0.534. The van der Waals surface area contributed by atoms with Gasteiger partial charge in [0.05, 0.1) is 25.2 Å². The van der Waals surface area contributed by atoms with Crippen molar-refractivity contribution in [1.29, 1.82) is 0 Å². The Bertz CT molecular complexity index is 451. The van der Waals surface area contributed by atoms with Crippen LogP contribution in [0.3, 0.4) is 0 Å². The van der Waals surface area contributed by atoms with E-state index in [1.54, 1.807) is 19.5 Å². The van der Waals surface area contributed by atoms with Crippen LogP contribution in [0.4, 0.5) is 0 Å². The smallest absolute Gasteiger partial charge is 0.232 e. The van der Waals surface area contributed by atoms with Gasteiger partial charge < -0.3 is 4.74 Å². The van der Waals surface area contributed by atoms with Gasteiger partial charge in [-0.05, 0) is 13.0 Å². The minimum Gasteiger partial charge on any atom is -0.480 e. The van der Waals surface area contributed by atoms with Crippen molar-refractivity contribution >= 4 is 0 Å². The molecular weight excluding hydrogens is 188 g/mol. The van der Waals surface area contributed by atoms with E-state index < -0.39 is 0 Å². The third-order valence-electron chi connectivity index (χ3n) is 2.15. The van der Waals surface area contributed by atoms with Crippen molar-refractivity contribution in [3.8, 4) is 17.1 Å². The number of ether oxygens (including phenoxy) is 1. The van der Waals surface area contributed by atoms with E-state index in [9.17, 15) is 0 Å². The van der Waals surface area contributed by atoms with Gasteiger partial charge >= 0.3 is 0 Å². The Labute approximate surface area is 88.8 Å². The van der Waals surface area contributed by atoms with Gasteiger partial charge in [0.2, 0.25) is 5.88 Å². The Morgan fingerprint density at radius 3 is 2.60 bits per heavy atom. The zero-order chi connectivity index (χ0) is 10.7. The molecule has 0 aliphatic heterocycles. The van der Waals surface area contributed by atoms with Crippen molar-refractivity contribution in [2.24, 2.45) is 0 Å². The van der Waals surface area contributed by atoms with E-state index in [1.165, 1.54) is 5.56 Å². The molecule has 0 N–H and O–H groups in total. The fourth-order valence-corrected chi connectivity index (χ4v) is 1.38. The standard InChI is InChI=1S/C12H12N2O/c1-9-4-3-5-10(6-9)11-7-14-12(15-2)8-13-11/h3-8H,1-2H3. The number of benzene rings is 1. The quantitative estimate of drug-likeness (QED) is 0.747. The molecule has 2 aromatic rings. The number of nitrogens with zero attached hydrogens (tertiary/aromatic N) is 2. The van der Waals surface area contributed by atoms with Crippen LogP contribution in [0.5, 0.6) is 5.88 Å². The summed E-state index contributed by atoms with van der Waals surface area (Å²) in [5.74, 6) is 0.534. The zero-order valence-corrected chi connectivity index (χ0v) is 8.77. The molecule has 3 heteroatoms. The lowest BCUT2D eigenvalue weighted by atomic mass is 10.1. The number of hydrogen-bond donors (Lipinski definition) is 0. The largest absolute Gasteiger partial charge is 0.480 e. The maximum atomic E-state index is 4.96. The maximum Gasteiger partial charge on any atom is 0.232 e. The molecule has 1 aromatic carbocycles. The number of aryl methyl sites for hydroxylation is 1. The van der Waals surface area contributed by atoms with Gasteiger partial charge in [-0.1, -0.05) is 23.8 Å². The first-order chi connectivity index (χ1) is 7.29. The molecule has 0 atom stereocenters. The first-order valence-corrected chi connectivity index (χ1v) is 4.72. The molecule has 76 valence electrons. The van der Waals surface area contributed by atoms with E-state index in [4.69, 9.17) is 4.74 Å². The first kappa shape index (κ1) is 9.65. The van der Waals surface area contributed by atoms with Crippen LogP contribution in [-0.2, 0) is 0 Å². The number of hydrogen-bond acceptors (Lipinski definition) is 3. The van der Waals surface area contributed by atoms with E-state index in [0.717, 1.165) is 11.3 Å². The van der Waals surface area contributed by atoms with Gasteiger partial charge in [-0.15, -0.1) is 0 Å². The lowest BCUT2D eigenvalue weighted by Crippen LogP contribution is -1.90. The van der Waals surface area contributed by atoms with E-state index >= 15 is 0 Å². The molecule has 0 bridgehead atoms. The van der Waals surface area contributed by atoms with Crippen molar-refractivity contribution in [3.05, 3.63) is 42.2 Å².